The second kappa shape index (κ2) is 6.72. The molecule has 4 rings (SSSR count). The summed E-state index contributed by atoms with van der Waals surface area (Å²) in [5.41, 5.74) is 2.89. The molecule has 27 heavy (non-hydrogen) atoms. The molecule has 0 bridgehead atoms. The molecule has 4 atom stereocenters. The Balaban J connectivity index is 1.64. The summed E-state index contributed by atoms with van der Waals surface area (Å²) >= 11 is 0. The van der Waals surface area contributed by atoms with Crippen LogP contribution in [0.25, 0.3) is 5.57 Å². The van der Waals surface area contributed by atoms with E-state index in [1.54, 1.807) is 6.07 Å². The van der Waals surface area contributed by atoms with E-state index in [-0.39, 0.29) is 36.4 Å². The Morgan fingerprint density at radius 3 is 2.89 bits per heavy atom. The highest BCUT2D eigenvalue weighted by atomic mass is 32.2. The van der Waals surface area contributed by atoms with Gasteiger partial charge in [0.25, 0.3) is 0 Å². The molecule has 1 aliphatic carbocycles. The number of nitrogens with zero attached hydrogens (tertiary/aromatic N) is 1. The van der Waals surface area contributed by atoms with Gasteiger partial charge in [0, 0.05) is 35.5 Å². The van der Waals surface area contributed by atoms with Gasteiger partial charge < -0.3 is 15.3 Å². The smallest absolute Gasteiger partial charge is 0.225 e. The van der Waals surface area contributed by atoms with Gasteiger partial charge in [0.05, 0.1) is 17.4 Å². The first-order valence-corrected chi connectivity index (χ1v) is 11.1. The van der Waals surface area contributed by atoms with E-state index in [0.29, 0.717) is 11.3 Å². The van der Waals surface area contributed by atoms with E-state index in [2.05, 4.69) is 10.2 Å². The van der Waals surface area contributed by atoms with Crippen LogP contribution in [0.2, 0.25) is 0 Å². The largest absolute Gasteiger partial charge is 0.396 e. The quantitative estimate of drug-likeness (QED) is 0.814. The molecule has 1 saturated heterocycles. The van der Waals surface area contributed by atoms with E-state index in [1.165, 1.54) is 5.41 Å². The third-order valence-electron chi connectivity index (χ3n) is 6.32. The number of likely N-dealkylation sites (tertiary alicyclic amines) is 1. The topological polar surface area (TPSA) is 86.7 Å². The van der Waals surface area contributed by atoms with Gasteiger partial charge in [-0.2, -0.15) is 0 Å². The number of hydrogen-bond donors (Lipinski definition) is 2. The van der Waals surface area contributed by atoms with Gasteiger partial charge in [-0.05, 0) is 43.5 Å². The van der Waals surface area contributed by atoms with E-state index < -0.39 is 9.84 Å². The lowest BCUT2D eigenvalue weighted by atomic mass is 9.72. The van der Waals surface area contributed by atoms with Crippen LogP contribution in [0.15, 0.2) is 28.5 Å². The Hall–Kier alpha value is -1.70. The second-order valence-corrected chi connectivity index (χ2v) is 9.72. The molecule has 1 amide bonds. The van der Waals surface area contributed by atoms with Gasteiger partial charge in [0.2, 0.25) is 15.7 Å². The molecule has 0 radical (unpaired) electrons. The standard InChI is InChI=1S/C20H26N2O4S/c1-3-12(10-23)20(24)21-14-8-16-15-5-4-6-18-19(15)13(11-27(18,25)26)7-17(16)22(2)9-14/h4-6,11-12,14,16-17,23H,3,7-10H2,1-2H3,(H,21,24). The normalized spacial score (nSPS) is 29.4. The van der Waals surface area contributed by atoms with Crippen molar-refractivity contribution in [2.24, 2.45) is 5.92 Å². The van der Waals surface area contributed by atoms with Crippen molar-refractivity contribution in [1.29, 1.82) is 0 Å². The SMILES string of the molecule is CCC(CO)C(=O)NC1CC2c3cccc4c3C(=CS4(=O)=O)CC2N(C)C1. The Bertz CT molecular complexity index is 905. The van der Waals surface area contributed by atoms with Crippen LogP contribution in [-0.4, -0.2) is 56.6 Å². The molecular formula is C20H26N2O4S. The van der Waals surface area contributed by atoms with Crippen LogP contribution in [0, 0.1) is 5.92 Å². The molecule has 4 unspecified atom stereocenters. The number of likely N-dealkylation sites (N-methyl/N-ethyl adjacent to an activating group) is 1. The third-order valence-corrected chi connectivity index (χ3v) is 7.87. The van der Waals surface area contributed by atoms with Crippen LogP contribution < -0.4 is 5.32 Å². The molecular weight excluding hydrogens is 364 g/mol. The number of carbonyl (C=O) groups excluding carboxylic acids is 1. The summed E-state index contributed by atoms with van der Waals surface area (Å²) in [6.45, 7) is 2.48. The van der Waals surface area contributed by atoms with Crippen molar-refractivity contribution in [1.82, 2.24) is 10.2 Å². The minimum atomic E-state index is -3.34. The molecule has 7 heteroatoms. The predicted octanol–water partition coefficient (Wildman–Crippen LogP) is 1.51. The highest BCUT2D eigenvalue weighted by Gasteiger charge is 2.44. The number of carbonyl (C=O) groups is 1. The van der Waals surface area contributed by atoms with Crippen LogP contribution in [0.1, 0.15) is 43.2 Å². The highest BCUT2D eigenvalue weighted by molar-refractivity contribution is 7.95. The summed E-state index contributed by atoms with van der Waals surface area (Å²) in [6, 6.07) is 5.78. The summed E-state index contributed by atoms with van der Waals surface area (Å²) in [5, 5.41) is 13.9. The van der Waals surface area contributed by atoms with Crippen molar-refractivity contribution in [2.75, 3.05) is 20.2 Å². The van der Waals surface area contributed by atoms with Crippen LogP contribution >= 0.6 is 0 Å². The van der Waals surface area contributed by atoms with E-state index in [4.69, 9.17) is 0 Å². The Morgan fingerprint density at radius 2 is 2.19 bits per heavy atom. The fourth-order valence-corrected chi connectivity index (χ4v) is 6.42. The number of hydrogen-bond acceptors (Lipinski definition) is 5. The van der Waals surface area contributed by atoms with E-state index in [9.17, 15) is 18.3 Å². The molecule has 0 aromatic heterocycles. The van der Waals surface area contributed by atoms with Gasteiger partial charge in [-0.15, -0.1) is 0 Å². The fraction of sp³-hybridized carbons (Fsp3) is 0.550. The van der Waals surface area contributed by atoms with Gasteiger partial charge in [0.1, 0.15) is 0 Å². The van der Waals surface area contributed by atoms with E-state index >= 15 is 0 Å². The first-order chi connectivity index (χ1) is 12.9. The number of sulfone groups is 1. The second-order valence-electron chi connectivity index (χ2n) is 7.95. The number of nitrogens with one attached hydrogen (secondary N) is 1. The summed E-state index contributed by atoms with van der Waals surface area (Å²) in [5.74, 6) is -0.294. The van der Waals surface area contributed by atoms with Crippen molar-refractivity contribution in [2.45, 2.75) is 49.1 Å². The number of aliphatic hydroxyl groups is 1. The first-order valence-electron chi connectivity index (χ1n) is 9.56. The monoisotopic (exact) mass is 390 g/mol. The molecule has 2 heterocycles. The molecule has 2 aliphatic heterocycles. The lowest BCUT2D eigenvalue weighted by Crippen LogP contribution is -2.55. The molecule has 2 N–H and O–H groups in total. The molecule has 1 aromatic rings. The maximum absolute atomic E-state index is 12.5. The average Bonchev–Trinajstić information content (AvgIpc) is 2.89. The zero-order chi connectivity index (χ0) is 19.3. The number of rotatable bonds is 4. The summed E-state index contributed by atoms with van der Waals surface area (Å²) < 4.78 is 24.9. The number of benzene rings is 1. The molecule has 1 aromatic carbocycles. The molecule has 0 spiro atoms. The van der Waals surface area contributed by atoms with Crippen molar-refractivity contribution < 1.29 is 18.3 Å². The van der Waals surface area contributed by atoms with Crippen molar-refractivity contribution in [3.63, 3.8) is 0 Å². The molecule has 3 aliphatic rings. The van der Waals surface area contributed by atoms with Crippen LogP contribution in [0.4, 0.5) is 0 Å². The number of amides is 1. The van der Waals surface area contributed by atoms with Crippen LogP contribution in [0.5, 0.6) is 0 Å². The van der Waals surface area contributed by atoms with Gasteiger partial charge in [-0.1, -0.05) is 19.1 Å². The van der Waals surface area contributed by atoms with Crippen molar-refractivity contribution in [3.8, 4) is 0 Å². The molecule has 146 valence electrons. The van der Waals surface area contributed by atoms with Gasteiger partial charge in [-0.25, -0.2) is 8.42 Å². The third kappa shape index (κ3) is 3.02. The summed E-state index contributed by atoms with van der Waals surface area (Å²) in [4.78, 5) is 15.1. The zero-order valence-electron chi connectivity index (χ0n) is 15.7. The lowest BCUT2D eigenvalue weighted by molar-refractivity contribution is -0.127. The maximum Gasteiger partial charge on any atom is 0.225 e. The molecule has 0 saturated carbocycles. The summed E-state index contributed by atoms with van der Waals surface area (Å²) in [6.07, 6.45) is 2.11. The van der Waals surface area contributed by atoms with Gasteiger partial charge in [-0.3, -0.25) is 4.79 Å². The molecule has 6 nitrogen and oxygen atoms in total. The Labute approximate surface area is 160 Å². The van der Waals surface area contributed by atoms with Crippen LogP contribution in [0.3, 0.4) is 0 Å². The maximum atomic E-state index is 12.5. The van der Waals surface area contributed by atoms with Crippen molar-refractivity contribution >= 4 is 21.3 Å². The minimum absolute atomic E-state index is 0.0104. The first kappa shape index (κ1) is 18.7. The van der Waals surface area contributed by atoms with Gasteiger partial charge in [0.15, 0.2) is 0 Å². The predicted molar refractivity (Wildman–Crippen MR) is 103 cm³/mol. The number of piperidine rings is 1. The van der Waals surface area contributed by atoms with Crippen LogP contribution in [-0.2, 0) is 14.6 Å². The minimum Gasteiger partial charge on any atom is -0.396 e. The van der Waals surface area contributed by atoms with Gasteiger partial charge >= 0.3 is 0 Å². The summed E-state index contributed by atoms with van der Waals surface area (Å²) in [7, 11) is -1.30. The highest BCUT2D eigenvalue weighted by Crippen LogP contribution is 2.50. The Kier molecular flexibility index (Phi) is 4.64. The van der Waals surface area contributed by atoms with Crippen molar-refractivity contribution in [3.05, 3.63) is 34.7 Å². The zero-order valence-corrected chi connectivity index (χ0v) is 16.5. The fourth-order valence-electron chi connectivity index (χ4n) is 4.90. The number of aliphatic hydroxyl groups excluding tert-OH is 1. The van der Waals surface area contributed by atoms with E-state index in [0.717, 1.165) is 36.1 Å². The Morgan fingerprint density at radius 1 is 1.41 bits per heavy atom. The number of fused-ring (bicyclic) bond motifs is 2. The molecule has 1 fully saturated rings. The van der Waals surface area contributed by atoms with E-state index in [1.807, 2.05) is 26.1 Å². The lowest BCUT2D eigenvalue weighted by Gasteiger charge is -2.46. The average molecular weight is 391 g/mol.